The monoisotopic (exact) mass is 360 g/mol. The zero-order valence-corrected chi connectivity index (χ0v) is 15.8. The third kappa shape index (κ3) is 4.04. The van der Waals surface area contributed by atoms with Gasteiger partial charge in [-0.2, -0.15) is 0 Å². The summed E-state index contributed by atoms with van der Waals surface area (Å²) in [5, 5.41) is 9.27. The van der Waals surface area contributed by atoms with Crippen LogP contribution in [0.3, 0.4) is 0 Å². The van der Waals surface area contributed by atoms with E-state index in [1.807, 2.05) is 38.1 Å². The molecule has 1 fully saturated rings. The fraction of sp³-hybridized carbons (Fsp3) is 0.500. The lowest BCUT2D eigenvalue weighted by molar-refractivity contribution is 0.0994. The van der Waals surface area contributed by atoms with Crippen molar-refractivity contribution in [1.29, 1.82) is 0 Å². The third-order valence-electron chi connectivity index (χ3n) is 4.29. The molecule has 2 aromatic rings. The maximum Gasteiger partial charge on any atom is 0.228 e. The van der Waals surface area contributed by atoms with Gasteiger partial charge in [0.25, 0.3) is 0 Å². The number of hydrogen-bond donors (Lipinski definition) is 0. The molecule has 0 amide bonds. The van der Waals surface area contributed by atoms with E-state index in [0.29, 0.717) is 13.2 Å². The molecule has 1 aromatic heterocycles. The second-order valence-electron chi connectivity index (χ2n) is 6.12. The molecule has 0 bridgehead atoms. The number of ketones is 1. The van der Waals surface area contributed by atoms with Crippen molar-refractivity contribution < 1.29 is 9.53 Å². The van der Waals surface area contributed by atoms with Gasteiger partial charge >= 0.3 is 0 Å². The molecule has 3 rings (SSSR count). The van der Waals surface area contributed by atoms with Gasteiger partial charge < -0.3 is 9.64 Å². The number of benzene rings is 1. The van der Waals surface area contributed by atoms with Crippen LogP contribution in [0.25, 0.3) is 0 Å². The number of carbonyl (C=O) groups excluding carboxylic acids is 1. The summed E-state index contributed by atoms with van der Waals surface area (Å²) in [4.78, 5) is 14.9. The minimum atomic E-state index is -0.213. The topological polar surface area (TPSA) is 60.2 Å². The van der Waals surface area contributed by atoms with Gasteiger partial charge in [-0.15, -0.1) is 10.2 Å². The highest BCUT2D eigenvalue weighted by Crippen LogP contribution is 2.27. The molecule has 0 aliphatic carbocycles. The summed E-state index contributed by atoms with van der Waals surface area (Å²) >= 11 is 1.47. The molecule has 0 saturated carbocycles. The Hall–Kier alpha value is -1.86. The van der Waals surface area contributed by atoms with Crippen molar-refractivity contribution in [2.45, 2.75) is 37.7 Å². The van der Waals surface area contributed by atoms with E-state index < -0.39 is 0 Å². The second-order valence-corrected chi connectivity index (χ2v) is 7.42. The number of nitrogens with zero attached hydrogens (tertiary/aromatic N) is 4. The molecular formula is C18H24N4O2S. The maximum absolute atomic E-state index is 12.7. The highest BCUT2D eigenvalue weighted by atomic mass is 32.2. The molecule has 0 spiro atoms. The van der Waals surface area contributed by atoms with Crippen LogP contribution in [0.15, 0.2) is 29.4 Å². The van der Waals surface area contributed by atoms with Gasteiger partial charge in [-0.1, -0.05) is 41.6 Å². The second kappa shape index (κ2) is 8.01. The van der Waals surface area contributed by atoms with E-state index in [0.717, 1.165) is 41.9 Å². The Morgan fingerprint density at radius 1 is 1.24 bits per heavy atom. The SMILES string of the molecule is CCn1c(S[C@H](C)C(=O)c2ccc(C)cc2)nnc1N1CCOCC1. The van der Waals surface area contributed by atoms with Crippen molar-refractivity contribution in [3.8, 4) is 0 Å². The minimum Gasteiger partial charge on any atom is -0.378 e. The first kappa shape index (κ1) is 17.9. The van der Waals surface area contributed by atoms with Gasteiger partial charge in [0, 0.05) is 25.2 Å². The number of hydrogen-bond acceptors (Lipinski definition) is 6. The average molecular weight is 360 g/mol. The molecule has 2 heterocycles. The number of rotatable bonds is 6. The Balaban J connectivity index is 1.74. The van der Waals surface area contributed by atoms with Crippen molar-refractivity contribution in [2.75, 3.05) is 31.2 Å². The first-order valence-corrected chi connectivity index (χ1v) is 9.51. The number of ether oxygens (including phenoxy) is 1. The zero-order chi connectivity index (χ0) is 17.8. The highest BCUT2D eigenvalue weighted by molar-refractivity contribution is 8.00. The summed E-state index contributed by atoms with van der Waals surface area (Å²) in [5.41, 5.74) is 1.89. The first-order valence-electron chi connectivity index (χ1n) is 8.63. The molecule has 6 nitrogen and oxygen atoms in total. The summed E-state index contributed by atoms with van der Waals surface area (Å²) in [6.07, 6.45) is 0. The average Bonchev–Trinajstić information content (AvgIpc) is 3.05. The number of aromatic nitrogens is 3. The van der Waals surface area contributed by atoms with Crippen LogP contribution in [0.2, 0.25) is 0 Å². The summed E-state index contributed by atoms with van der Waals surface area (Å²) < 4.78 is 7.48. The number of thioether (sulfide) groups is 1. The lowest BCUT2D eigenvalue weighted by atomic mass is 10.1. The number of anilines is 1. The van der Waals surface area contributed by atoms with Crippen molar-refractivity contribution in [3.63, 3.8) is 0 Å². The molecule has 0 radical (unpaired) electrons. The van der Waals surface area contributed by atoms with Gasteiger partial charge in [-0.3, -0.25) is 9.36 Å². The largest absolute Gasteiger partial charge is 0.378 e. The van der Waals surface area contributed by atoms with Gasteiger partial charge in [0.05, 0.1) is 18.5 Å². The Kier molecular flexibility index (Phi) is 5.75. The standard InChI is InChI=1S/C18H24N4O2S/c1-4-22-17(21-9-11-24-12-10-21)19-20-18(22)25-14(3)16(23)15-7-5-13(2)6-8-15/h5-8,14H,4,9-12H2,1-3H3/t14-/m1/s1. The van der Waals surface area contributed by atoms with Crippen LogP contribution < -0.4 is 4.90 Å². The zero-order valence-electron chi connectivity index (χ0n) is 14.9. The predicted molar refractivity (Wildman–Crippen MR) is 99.6 cm³/mol. The van der Waals surface area contributed by atoms with Gasteiger partial charge in [0.2, 0.25) is 5.95 Å². The molecule has 134 valence electrons. The van der Waals surface area contributed by atoms with Crippen LogP contribution in [0.1, 0.15) is 29.8 Å². The van der Waals surface area contributed by atoms with Gasteiger partial charge in [-0.05, 0) is 20.8 Å². The summed E-state index contributed by atoms with van der Waals surface area (Å²) in [5.74, 6) is 0.979. The molecule has 1 aromatic carbocycles. The molecule has 0 N–H and O–H groups in total. The first-order chi connectivity index (χ1) is 12.1. The Bertz CT molecular complexity index is 723. The quantitative estimate of drug-likeness (QED) is 0.583. The van der Waals surface area contributed by atoms with Gasteiger partial charge in [-0.25, -0.2) is 0 Å². The van der Waals surface area contributed by atoms with Crippen LogP contribution in [0.5, 0.6) is 0 Å². The molecular weight excluding hydrogens is 336 g/mol. The van der Waals surface area contributed by atoms with Crippen LogP contribution in [0.4, 0.5) is 5.95 Å². The van der Waals surface area contributed by atoms with Gasteiger partial charge in [0.15, 0.2) is 10.9 Å². The molecule has 0 unspecified atom stereocenters. The maximum atomic E-state index is 12.7. The van der Waals surface area contributed by atoms with Crippen molar-refractivity contribution >= 4 is 23.5 Å². The fourth-order valence-corrected chi connectivity index (χ4v) is 3.79. The summed E-state index contributed by atoms with van der Waals surface area (Å²) in [7, 11) is 0. The van der Waals surface area contributed by atoms with Crippen molar-refractivity contribution in [3.05, 3.63) is 35.4 Å². The summed E-state index contributed by atoms with van der Waals surface area (Å²) in [6, 6.07) is 7.71. The number of Topliss-reactive ketones (excluding diaryl/α,β-unsaturated/α-hetero) is 1. The third-order valence-corrected chi connectivity index (χ3v) is 5.38. The van der Waals surface area contributed by atoms with Crippen LogP contribution in [-0.2, 0) is 11.3 Å². The number of aryl methyl sites for hydroxylation is 1. The molecule has 25 heavy (non-hydrogen) atoms. The molecule has 1 saturated heterocycles. The number of morpholine rings is 1. The van der Waals surface area contributed by atoms with E-state index >= 15 is 0 Å². The van der Waals surface area contributed by atoms with E-state index in [-0.39, 0.29) is 11.0 Å². The van der Waals surface area contributed by atoms with Crippen LogP contribution in [-0.4, -0.2) is 52.1 Å². The van der Waals surface area contributed by atoms with E-state index in [2.05, 4.69) is 26.6 Å². The van der Waals surface area contributed by atoms with Gasteiger partial charge in [0.1, 0.15) is 0 Å². The minimum absolute atomic E-state index is 0.114. The molecule has 7 heteroatoms. The fourth-order valence-electron chi connectivity index (χ4n) is 2.81. The molecule has 1 atom stereocenters. The Morgan fingerprint density at radius 3 is 2.56 bits per heavy atom. The van der Waals surface area contributed by atoms with Crippen LogP contribution >= 0.6 is 11.8 Å². The van der Waals surface area contributed by atoms with E-state index in [9.17, 15) is 4.79 Å². The van der Waals surface area contributed by atoms with E-state index in [4.69, 9.17) is 4.74 Å². The van der Waals surface area contributed by atoms with Crippen molar-refractivity contribution in [2.24, 2.45) is 0 Å². The normalized spacial score (nSPS) is 16.0. The highest BCUT2D eigenvalue weighted by Gasteiger charge is 2.23. The molecule has 1 aliphatic heterocycles. The van der Waals surface area contributed by atoms with E-state index in [1.165, 1.54) is 11.8 Å². The lowest BCUT2D eigenvalue weighted by Crippen LogP contribution is -2.38. The predicted octanol–water partition coefficient (Wildman–Crippen LogP) is 2.81. The summed E-state index contributed by atoms with van der Waals surface area (Å²) in [6.45, 7) is 9.85. The van der Waals surface area contributed by atoms with E-state index in [1.54, 1.807) is 0 Å². The lowest BCUT2D eigenvalue weighted by Gasteiger charge is -2.27. The van der Waals surface area contributed by atoms with Crippen LogP contribution in [0, 0.1) is 6.92 Å². The molecule has 1 aliphatic rings. The Labute approximate surface area is 152 Å². The number of carbonyl (C=O) groups is 1. The smallest absolute Gasteiger partial charge is 0.228 e. The Morgan fingerprint density at radius 2 is 1.92 bits per heavy atom. The van der Waals surface area contributed by atoms with Crippen molar-refractivity contribution in [1.82, 2.24) is 14.8 Å².